The van der Waals surface area contributed by atoms with Gasteiger partial charge in [0, 0.05) is 12.0 Å². The standard InChI is InChI=1S/C15H13N4O4PS/c1-21-24(20,22-10-17-19-16)23-13-8-4-2-6-11(13)15-18-12-7-3-5-9-14(12)25-15/h2-9H,10H2,1H3. The average molecular weight is 376 g/mol. The van der Waals surface area contributed by atoms with Gasteiger partial charge in [0.15, 0.2) is 0 Å². The maximum absolute atomic E-state index is 12.5. The van der Waals surface area contributed by atoms with Gasteiger partial charge in [-0.05, 0) is 29.8 Å². The highest BCUT2D eigenvalue weighted by molar-refractivity contribution is 7.48. The third kappa shape index (κ3) is 3.99. The van der Waals surface area contributed by atoms with Crippen LogP contribution < -0.4 is 4.52 Å². The van der Waals surface area contributed by atoms with Crippen LogP contribution in [0.25, 0.3) is 31.2 Å². The number of hydrogen-bond acceptors (Lipinski definition) is 7. The van der Waals surface area contributed by atoms with E-state index in [9.17, 15) is 4.57 Å². The zero-order valence-electron chi connectivity index (χ0n) is 13.1. The van der Waals surface area contributed by atoms with E-state index in [0.29, 0.717) is 11.3 Å². The smallest absolute Gasteiger partial charge is 0.403 e. The van der Waals surface area contributed by atoms with Crippen LogP contribution in [-0.2, 0) is 13.6 Å². The SMILES string of the molecule is COP(=O)(OCN=[N+]=[N-])Oc1ccccc1-c1nc2ccccc2s1. The maximum atomic E-state index is 12.5. The quantitative estimate of drug-likeness (QED) is 0.238. The number of hydrogen-bond donors (Lipinski definition) is 0. The Kier molecular flexibility index (Phi) is 5.33. The Labute approximate surface area is 147 Å². The van der Waals surface area contributed by atoms with E-state index in [1.807, 2.05) is 30.3 Å². The number of benzene rings is 2. The highest BCUT2D eigenvalue weighted by Crippen LogP contribution is 2.51. The molecule has 128 valence electrons. The van der Waals surface area contributed by atoms with Gasteiger partial charge in [-0.3, -0.25) is 9.05 Å². The zero-order valence-corrected chi connectivity index (χ0v) is 14.8. The number of phosphoric acid groups is 1. The van der Waals surface area contributed by atoms with Crippen molar-refractivity contribution >= 4 is 29.4 Å². The number of para-hydroxylation sites is 2. The zero-order chi connectivity index (χ0) is 17.7. The minimum absolute atomic E-state index is 0.299. The van der Waals surface area contributed by atoms with Gasteiger partial charge in [0.25, 0.3) is 0 Å². The summed E-state index contributed by atoms with van der Waals surface area (Å²) in [7, 11) is -2.73. The molecule has 1 aromatic heterocycles. The first-order chi connectivity index (χ1) is 12.1. The molecule has 0 aliphatic rings. The Balaban J connectivity index is 1.95. The largest absolute Gasteiger partial charge is 0.529 e. The highest BCUT2D eigenvalue weighted by Gasteiger charge is 2.28. The van der Waals surface area contributed by atoms with Crippen molar-refractivity contribution in [1.29, 1.82) is 0 Å². The fourth-order valence-electron chi connectivity index (χ4n) is 2.07. The molecule has 0 N–H and O–H groups in total. The minimum atomic E-state index is -3.92. The van der Waals surface area contributed by atoms with Crippen LogP contribution in [0.1, 0.15) is 0 Å². The topological polar surface area (TPSA) is 106 Å². The summed E-state index contributed by atoms with van der Waals surface area (Å²) in [6, 6.07) is 14.8. The maximum Gasteiger partial charge on any atom is 0.529 e. The van der Waals surface area contributed by atoms with E-state index in [1.54, 1.807) is 18.2 Å². The third-order valence-corrected chi connectivity index (χ3v) is 5.55. The number of aromatic nitrogens is 1. The molecule has 25 heavy (non-hydrogen) atoms. The predicted molar refractivity (Wildman–Crippen MR) is 95.4 cm³/mol. The molecule has 0 spiro atoms. The summed E-state index contributed by atoms with van der Waals surface area (Å²) in [6.45, 7) is -0.467. The second-order valence-corrected chi connectivity index (χ2v) is 7.42. The monoisotopic (exact) mass is 376 g/mol. The van der Waals surface area contributed by atoms with E-state index < -0.39 is 14.6 Å². The van der Waals surface area contributed by atoms with E-state index >= 15 is 0 Å². The fourth-order valence-corrected chi connectivity index (χ4v) is 3.89. The lowest BCUT2D eigenvalue weighted by Gasteiger charge is -2.17. The normalized spacial score (nSPS) is 13.2. The Morgan fingerprint density at radius 3 is 2.76 bits per heavy atom. The molecule has 0 saturated heterocycles. The molecule has 0 aliphatic heterocycles. The molecule has 2 aromatic carbocycles. The van der Waals surface area contributed by atoms with Crippen molar-refractivity contribution in [2.24, 2.45) is 5.11 Å². The molecule has 0 amide bonds. The van der Waals surface area contributed by atoms with E-state index in [-0.39, 0.29) is 0 Å². The van der Waals surface area contributed by atoms with Crippen molar-refractivity contribution in [2.45, 2.75) is 0 Å². The summed E-state index contributed by atoms with van der Waals surface area (Å²) in [5.74, 6) is 0.299. The number of thiazole rings is 1. The lowest BCUT2D eigenvalue weighted by Crippen LogP contribution is -2.01. The van der Waals surface area contributed by atoms with Crippen molar-refractivity contribution in [1.82, 2.24) is 4.98 Å². The van der Waals surface area contributed by atoms with E-state index in [0.717, 1.165) is 15.2 Å². The number of phosphoric ester groups is 1. The molecular formula is C15H13N4O4PS. The molecule has 10 heteroatoms. The summed E-state index contributed by atoms with van der Waals surface area (Å²) in [4.78, 5) is 7.10. The number of azide groups is 1. The van der Waals surface area contributed by atoms with Gasteiger partial charge in [-0.1, -0.05) is 29.4 Å². The van der Waals surface area contributed by atoms with Crippen LogP contribution in [0.2, 0.25) is 0 Å². The van der Waals surface area contributed by atoms with E-state index in [2.05, 4.69) is 15.0 Å². The molecule has 0 bridgehead atoms. The molecule has 3 rings (SSSR count). The fraction of sp³-hybridized carbons (Fsp3) is 0.133. The molecule has 0 fully saturated rings. The van der Waals surface area contributed by atoms with Gasteiger partial charge < -0.3 is 4.52 Å². The van der Waals surface area contributed by atoms with E-state index in [1.165, 1.54) is 18.4 Å². The molecule has 1 unspecified atom stereocenters. The summed E-state index contributed by atoms with van der Waals surface area (Å²) in [6.07, 6.45) is 0. The summed E-state index contributed by atoms with van der Waals surface area (Å²) >= 11 is 1.49. The van der Waals surface area contributed by atoms with Gasteiger partial charge in [-0.2, -0.15) is 0 Å². The van der Waals surface area contributed by atoms with Gasteiger partial charge in [0.2, 0.25) is 0 Å². The van der Waals surface area contributed by atoms with Crippen LogP contribution in [0.4, 0.5) is 0 Å². The van der Waals surface area contributed by atoms with Crippen molar-refractivity contribution in [2.75, 3.05) is 13.8 Å². The number of rotatable bonds is 7. The lowest BCUT2D eigenvalue weighted by atomic mass is 10.2. The summed E-state index contributed by atoms with van der Waals surface area (Å²) in [5.41, 5.74) is 9.82. The van der Waals surface area contributed by atoms with Crippen LogP contribution in [0.5, 0.6) is 5.75 Å². The van der Waals surface area contributed by atoms with Gasteiger partial charge in [-0.15, -0.1) is 11.3 Å². The molecule has 1 atom stereocenters. The number of nitrogens with zero attached hydrogens (tertiary/aromatic N) is 4. The Morgan fingerprint density at radius 2 is 2.00 bits per heavy atom. The third-order valence-electron chi connectivity index (χ3n) is 3.18. The molecule has 0 aliphatic carbocycles. The van der Waals surface area contributed by atoms with Crippen molar-refractivity contribution in [3.8, 4) is 16.3 Å². The van der Waals surface area contributed by atoms with Crippen LogP contribution in [-0.4, -0.2) is 18.8 Å². The molecule has 0 radical (unpaired) electrons. The van der Waals surface area contributed by atoms with Crippen LogP contribution >= 0.6 is 19.2 Å². The van der Waals surface area contributed by atoms with Crippen LogP contribution in [0, 0.1) is 0 Å². The second-order valence-electron chi connectivity index (χ2n) is 4.69. The van der Waals surface area contributed by atoms with Gasteiger partial charge in [-0.25, -0.2) is 9.55 Å². The first kappa shape index (κ1) is 17.4. The Morgan fingerprint density at radius 1 is 1.24 bits per heavy atom. The molecule has 1 heterocycles. The van der Waals surface area contributed by atoms with Gasteiger partial charge in [0.05, 0.1) is 15.8 Å². The summed E-state index contributed by atoms with van der Waals surface area (Å²) < 4.78 is 28.8. The Bertz CT molecular complexity index is 953. The number of fused-ring (bicyclic) bond motifs is 1. The van der Waals surface area contributed by atoms with Crippen molar-refractivity contribution in [3.63, 3.8) is 0 Å². The lowest BCUT2D eigenvalue weighted by molar-refractivity contribution is 0.184. The predicted octanol–water partition coefficient (Wildman–Crippen LogP) is 5.38. The van der Waals surface area contributed by atoms with Gasteiger partial charge >= 0.3 is 7.82 Å². The molecule has 3 aromatic rings. The molecule has 0 saturated carbocycles. The summed E-state index contributed by atoms with van der Waals surface area (Å²) in [5, 5.41) is 3.89. The minimum Gasteiger partial charge on any atom is -0.403 e. The molecule has 8 nitrogen and oxygen atoms in total. The highest BCUT2D eigenvalue weighted by atomic mass is 32.1. The first-order valence-electron chi connectivity index (χ1n) is 7.11. The Hall–Kier alpha value is -2.41. The van der Waals surface area contributed by atoms with Crippen LogP contribution in [0.3, 0.4) is 0 Å². The van der Waals surface area contributed by atoms with E-state index in [4.69, 9.17) is 19.1 Å². The first-order valence-corrected chi connectivity index (χ1v) is 9.38. The second kappa shape index (κ2) is 7.65. The average Bonchev–Trinajstić information content (AvgIpc) is 3.06. The van der Waals surface area contributed by atoms with Crippen LogP contribution in [0.15, 0.2) is 53.6 Å². The van der Waals surface area contributed by atoms with Crippen molar-refractivity contribution < 1.29 is 18.1 Å². The van der Waals surface area contributed by atoms with Crippen molar-refractivity contribution in [3.05, 3.63) is 59.0 Å². The van der Waals surface area contributed by atoms with Gasteiger partial charge in [0.1, 0.15) is 17.5 Å². The molecular weight excluding hydrogens is 363 g/mol.